The number of nitrogens with zero attached hydrogens (tertiary/aromatic N) is 1. The second-order valence-electron chi connectivity index (χ2n) is 4.48. The predicted molar refractivity (Wildman–Crippen MR) is 64.1 cm³/mol. The zero-order chi connectivity index (χ0) is 14.6. The minimum absolute atomic E-state index is 0.254. The molecule has 0 spiro atoms. The third-order valence-electron chi connectivity index (χ3n) is 2.99. The molecule has 4 amide bonds. The molecule has 8 heteroatoms. The second-order valence-corrected chi connectivity index (χ2v) is 4.48. The van der Waals surface area contributed by atoms with Crippen LogP contribution in [0.3, 0.4) is 0 Å². The fourth-order valence-corrected chi connectivity index (χ4v) is 1.69. The van der Waals surface area contributed by atoms with E-state index in [1.54, 1.807) is 6.92 Å². The van der Waals surface area contributed by atoms with Crippen molar-refractivity contribution in [2.75, 3.05) is 13.1 Å². The molecule has 0 radical (unpaired) electrons. The molecule has 19 heavy (non-hydrogen) atoms. The molecule has 0 aromatic rings. The minimum atomic E-state index is -1.14. The van der Waals surface area contributed by atoms with E-state index in [2.05, 4.69) is 10.6 Å². The molecule has 1 fully saturated rings. The SMILES string of the molecule is CCC(C)[C@H](NC(=O)N1CC(=O)NC(=O)C1)C(=O)O. The number of urea groups is 1. The summed E-state index contributed by atoms with van der Waals surface area (Å²) >= 11 is 0. The number of carboxylic acid groups (broad SMARTS) is 1. The third kappa shape index (κ3) is 3.94. The van der Waals surface area contributed by atoms with Gasteiger partial charge < -0.3 is 15.3 Å². The molecule has 1 aliphatic rings. The molecule has 1 aliphatic heterocycles. The highest BCUT2D eigenvalue weighted by molar-refractivity contribution is 6.02. The van der Waals surface area contributed by atoms with Gasteiger partial charge in [0.1, 0.15) is 19.1 Å². The molecule has 0 saturated carbocycles. The Labute approximate surface area is 110 Å². The molecule has 1 rings (SSSR count). The van der Waals surface area contributed by atoms with Crippen molar-refractivity contribution in [2.45, 2.75) is 26.3 Å². The lowest BCUT2D eigenvalue weighted by molar-refractivity contribution is -0.140. The first-order chi connectivity index (χ1) is 8.85. The van der Waals surface area contributed by atoms with Gasteiger partial charge in [-0.2, -0.15) is 0 Å². The van der Waals surface area contributed by atoms with Crippen LogP contribution < -0.4 is 10.6 Å². The number of carbonyl (C=O) groups is 4. The number of hydrogen-bond acceptors (Lipinski definition) is 4. The summed E-state index contributed by atoms with van der Waals surface area (Å²) in [5, 5.41) is 13.4. The Bertz CT molecular complexity index is 393. The van der Waals surface area contributed by atoms with Gasteiger partial charge in [-0.1, -0.05) is 20.3 Å². The summed E-state index contributed by atoms with van der Waals surface area (Å²) in [7, 11) is 0. The van der Waals surface area contributed by atoms with Crippen LogP contribution in [0, 0.1) is 5.92 Å². The molecular formula is C11H17N3O5. The standard InChI is InChI=1S/C11H17N3O5/c1-3-6(2)9(10(17)18)13-11(19)14-4-7(15)12-8(16)5-14/h6,9H,3-5H2,1-2H3,(H,13,19)(H,17,18)(H,12,15,16)/t6?,9-/m0/s1. The summed E-state index contributed by atoms with van der Waals surface area (Å²) in [6, 6.07) is -1.77. The van der Waals surface area contributed by atoms with Gasteiger partial charge in [-0.3, -0.25) is 14.9 Å². The number of amides is 4. The number of imide groups is 1. The molecule has 1 saturated heterocycles. The summed E-state index contributed by atoms with van der Waals surface area (Å²) in [6.45, 7) is 2.99. The first kappa shape index (κ1) is 14.9. The van der Waals surface area contributed by atoms with Crippen molar-refractivity contribution >= 4 is 23.8 Å². The largest absolute Gasteiger partial charge is 0.480 e. The van der Waals surface area contributed by atoms with E-state index >= 15 is 0 Å². The lowest BCUT2D eigenvalue weighted by atomic mass is 9.99. The van der Waals surface area contributed by atoms with E-state index in [-0.39, 0.29) is 19.0 Å². The van der Waals surface area contributed by atoms with E-state index in [0.29, 0.717) is 6.42 Å². The van der Waals surface area contributed by atoms with Crippen LogP contribution in [0.4, 0.5) is 4.79 Å². The molecule has 8 nitrogen and oxygen atoms in total. The van der Waals surface area contributed by atoms with Crippen LogP contribution in [0.5, 0.6) is 0 Å². The highest BCUT2D eigenvalue weighted by atomic mass is 16.4. The Hall–Kier alpha value is -2.12. The highest BCUT2D eigenvalue weighted by Crippen LogP contribution is 2.09. The molecule has 1 unspecified atom stereocenters. The van der Waals surface area contributed by atoms with Gasteiger partial charge in [0, 0.05) is 0 Å². The number of aliphatic carboxylic acids is 1. The smallest absolute Gasteiger partial charge is 0.326 e. The van der Waals surface area contributed by atoms with E-state index in [1.165, 1.54) is 0 Å². The maximum atomic E-state index is 11.8. The summed E-state index contributed by atoms with van der Waals surface area (Å²) < 4.78 is 0. The van der Waals surface area contributed by atoms with Gasteiger partial charge in [0.15, 0.2) is 0 Å². The van der Waals surface area contributed by atoms with Crippen LogP contribution in [0.25, 0.3) is 0 Å². The average Bonchev–Trinajstić information content (AvgIpc) is 2.33. The number of hydrogen-bond donors (Lipinski definition) is 3. The average molecular weight is 271 g/mol. The number of rotatable bonds is 4. The lowest BCUT2D eigenvalue weighted by Gasteiger charge is -2.28. The molecule has 1 heterocycles. The zero-order valence-electron chi connectivity index (χ0n) is 10.8. The molecule has 0 aromatic carbocycles. The Balaban J connectivity index is 2.69. The van der Waals surface area contributed by atoms with Crippen molar-refractivity contribution in [1.82, 2.24) is 15.5 Å². The summed E-state index contributed by atoms with van der Waals surface area (Å²) in [5.74, 6) is -2.56. The second kappa shape index (κ2) is 6.17. The van der Waals surface area contributed by atoms with Crippen molar-refractivity contribution in [3.05, 3.63) is 0 Å². The van der Waals surface area contributed by atoms with Crippen molar-refractivity contribution in [3.8, 4) is 0 Å². The van der Waals surface area contributed by atoms with Crippen molar-refractivity contribution in [1.29, 1.82) is 0 Å². The van der Waals surface area contributed by atoms with Crippen molar-refractivity contribution < 1.29 is 24.3 Å². The number of carbonyl (C=O) groups excluding carboxylic acids is 3. The topological polar surface area (TPSA) is 116 Å². The van der Waals surface area contributed by atoms with Gasteiger partial charge >= 0.3 is 12.0 Å². The van der Waals surface area contributed by atoms with Crippen molar-refractivity contribution in [3.63, 3.8) is 0 Å². The lowest BCUT2D eigenvalue weighted by Crippen LogP contribution is -2.58. The molecular weight excluding hydrogens is 254 g/mol. The van der Waals surface area contributed by atoms with E-state index in [1.807, 2.05) is 6.92 Å². The quantitative estimate of drug-likeness (QED) is 0.576. The molecule has 106 valence electrons. The monoisotopic (exact) mass is 271 g/mol. The van der Waals surface area contributed by atoms with E-state index in [9.17, 15) is 19.2 Å². The number of carboxylic acids is 1. The fourth-order valence-electron chi connectivity index (χ4n) is 1.69. The third-order valence-corrected chi connectivity index (χ3v) is 2.99. The Morgan fingerprint density at radius 1 is 1.37 bits per heavy atom. The molecule has 0 aromatic heterocycles. The van der Waals surface area contributed by atoms with E-state index in [4.69, 9.17) is 5.11 Å². The van der Waals surface area contributed by atoms with Crippen LogP contribution >= 0.6 is 0 Å². The van der Waals surface area contributed by atoms with Gasteiger partial charge in [-0.25, -0.2) is 9.59 Å². The minimum Gasteiger partial charge on any atom is -0.480 e. The zero-order valence-corrected chi connectivity index (χ0v) is 10.8. The normalized spacial score (nSPS) is 18.5. The number of piperazine rings is 1. The van der Waals surface area contributed by atoms with Crippen LogP contribution in [0.2, 0.25) is 0 Å². The van der Waals surface area contributed by atoms with Gasteiger partial charge in [-0.15, -0.1) is 0 Å². The van der Waals surface area contributed by atoms with Gasteiger partial charge in [0.05, 0.1) is 0 Å². The summed E-state index contributed by atoms with van der Waals surface area (Å²) in [4.78, 5) is 46.2. The summed E-state index contributed by atoms with van der Waals surface area (Å²) in [6.07, 6.45) is 0.580. The molecule has 2 atom stereocenters. The molecule has 3 N–H and O–H groups in total. The fraction of sp³-hybridized carbons (Fsp3) is 0.636. The van der Waals surface area contributed by atoms with Crippen LogP contribution in [-0.4, -0.2) is 53.0 Å². The van der Waals surface area contributed by atoms with Gasteiger partial charge in [0.2, 0.25) is 11.8 Å². The highest BCUT2D eigenvalue weighted by Gasteiger charge is 2.31. The maximum Gasteiger partial charge on any atom is 0.326 e. The predicted octanol–water partition coefficient (Wildman–Crippen LogP) is -0.846. The van der Waals surface area contributed by atoms with Crippen molar-refractivity contribution in [2.24, 2.45) is 5.92 Å². The Morgan fingerprint density at radius 2 is 1.89 bits per heavy atom. The molecule has 0 aliphatic carbocycles. The molecule has 0 bridgehead atoms. The Morgan fingerprint density at radius 3 is 2.32 bits per heavy atom. The van der Waals surface area contributed by atoms with Crippen LogP contribution in [-0.2, 0) is 14.4 Å². The first-order valence-corrected chi connectivity index (χ1v) is 5.96. The van der Waals surface area contributed by atoms with Gasteiger partial charge in [0.25, 0.3) is 0 Å². The van der Waals surface area contributed by atoms with Crippen LogP contribution in [0.15, 0.2) is 0 Å². The summed E-state index contributed by atoms with van der Waals surface area (Å²) in [5.41, 5.74) is 0. The van der Waals surface area contributed by atoms with E-state index < -0.39 is 29.9 Å². The van der Waals surface area contributed by atoms with E-state index in [0.717, 1.165) is 4.90 Å². The Kier molecular flexibility index (Phi) is 4.85. The first-order valence-electron chi connectivity index (χ1n) is 5.96. The van der Waals surface area contributed by atoms with Crippen LogP contribution in [0.1, 0.15) is 20.3 Å². The number of nitrogens with one attached hydrogen (secondary N) is 2. The maximum absolute atomic E-state index is 11.8. The van der Waals surface area contributed by atoms with Gasteiger partial charge in [-0.05, 0) is 5.92 Å².